The predicted octanol–water partition coefficient (Wildman–Crippen LogP) is 2.43. The summed E-state index contributed by atoms with van der Waals surface area (Å²) in [5, 5.41) is 0.0926. The molecule has 1 aliphatic heterocycles. The third kappa shape index (κ3) is 2.03. The van der Waals surface area contributed by atoms with Crippen molar-refractivity contribution in [2.45, 2.75) is 32.4 Å². The molecule has 1 nitrogen and oxygen atoms in total. The number of hydrogen-bond donors (Lipinski definition) is 0. The maximum atomic E-state index is 11.3. The monoisotopic (exact) mass is 188 g/mol. The molecular formula is C8H12OS2. The second-order valence-electron chi connectivity index (χ2n) is 3.88. The lowest BCUT2D eigenvalue weighted by molar-refractivity contribution is -0.118. The van der Waals surface area contributed by atoms with Crippen LogP contribution in [0.2, 0.25) is 0 Å². The van der Waals surface area contributed by atoms with Crippen molar-refractivity contribution in [2.75, 3.05) is 0 Å². The van der Waals surface area contributed by atoms with Crippen molar-refractivity contribution in [2.24, 2.45) is 5.41 Å². The third-order valence-corrected chi connectivity index (χ3v) is 3.69. The van der Waals surface area contributed by atoms with Crippen molar-refractivity contribution in [3.63, 3.8) is 0 Å². The molecule has 0 aromatic carbocycles. The van der Waals surface area contributed by atoms with Gasteiger partial charge in [-0.15, -0.1) is 11.8 Å². The summed E-state index contributed by atoms with van der Waals surface area (Å²) in [4.78, 5) is 11.3. The molecule has 0 aromatic heterocycles. The molecule has 1 aliphatic rings. The first-order valence-corrected chi connectivity index (χ1v) is 4.92. The zero-order chi connectivity index (χ0) is 8.65. The van der Waals surface area contributed by atoms with E-state index in [1.165, 1.54) is 0 Å². The van der Waals surface area contributed by atoms with Gasteiger partial charge < -0.3 is 0 Å². The summed E-state index contributed by atoms with van der Waals surface area (Å²) in [5.41, 5.74) is 0.0578. The Morgan fingerprint density at radius 2 is 2.09 bits per heavy atom. The van der Waals surface area contributed by atoms with Crippen molar-refractivity contribution in [3.8, 4) is 0 Å². The largest absolute Gasteiger partial charge is 0.298 e. The molecule has 0 aromatic rings. The van der Waals surface area contributed by atoms with Gasteiger partial charge in [-0.1, -0.05) is 33.0 Å². The highest BCUT2D eigenvalue weighted by atomic mass is 32.2. The predicted molar refractivity (Wildman–Crippen MR) is 53.1 cm³/mol. The van der Waals surface area contributed by atoms with Crippen LogP contribution in [0.15, 0.2) is 0 Å². The van der Waals surface area contributed by atoms with E-state index in [0.29, 0.717) is 12.2 Å². The Balaban J connectivity index is 2.76. The number of ketones is 1. The van der Waals surface area contributed by atoms with E-state index in [1.807, 2.05) is 0 Å². The third-order valence-electron chi connectivity index (χ3n) is 1.65. The summed E-state index contributed by atoms with van der Waals surface area (Å²) in [6.45, 7) is 6.24. The molecule has 3 heteroatoms. The average Bonchev–Trinajstić information content (AvgIpc) is 2.08. The molecule has 0 amide bonds. The zero-order valence-corrected chi connectivity index (χ0v) is 8.64. The van der Waals surface area contributed by atoms with E-state index in [9.17, 15) is 4.79 Å². The Labute approximate surface area is 76.9 Å². The summed E-state index contributed by atoms with van der Waals surface area (Å²) < 4.78 is 0.856. The van der Waals surface area contributed by atoms with E-state index in [0.717, 1.165) is 4.20 Å². The summed E-state index contributed by atoms with van der Waals surface area (Å²) in [5.74, 6) is 0.299. The van der Waals surface area contributed by atoms with Gasteiger partial charge in [0.2, 0.25) is 0 Å². The SMILES string of the molecule is CC(C)(C)C1SC(=S)CC1=O. The highest BCUT2D eigenvalue weighted by Gasteiger charge is 2.37. The van der Waals surface area contributed by atoms with Gasteiger partial charge in [-0.2, -0.15) is 0 Å². The first-order valence-electron chi connectivity index (χ1n) is 3.63. The number of hydrogen-bond acceptors (Lipinski definition) is 3. The molecule has 1 saturated heterocycles. The van der Waals surface area contributed by atoms with Crippen LogP contribution in [-0.2, 0) is 4.79 Å². The number of thioether (sulfide) groups is 1. The molecule has 0 bridgehead atoms. The first kappa shape index (κ1) is 9.20. The van der Waals surface area contributed by atoms with Gasteiger partial charge >= 0.3 is 0 Å². The lowest BCUT2D eigenvalue weighted by Gasteiger charge is -2.23. The van der Waals surface area contributed by atoms with Crippen LogP contribution in [0.1, 0.15) is 27.2 Å². The van der Waals surface area contributed by atoms with E-state index >= 15 is 0 Å². The second-order valence-corrected chi connectivity index (χ2v) is 5.83. The highest BCUT2D eigenvalue weighted by molar-refractivity contribution is 8.24. The van der Waals surface area contributed by atoms with E-state index in [2.05, 4.69) is 20.8 Å². The molecule has 1 unspecified atom stereocenters. The Morgan fingerprint density at radius 1 is 1.55 bits per heavy atom. The number of rotatable bonds is 0. The van der Waals surface area contributed by atoms with Crippen LogP contribution in [0.25, 0.3) is 0 Å². The zero-order valence-electron chi connectivity index (χ0n) is 7.01. The van der Waals surface area contributed by atoms with Crippen molar-refractivity contribution in [1.29, 1.82) is 0 Å². The number of carbonyl (C=O) groups is 1. The van der Waals surface area contributed by atoms with Gasteiger partial charge in [0.25, 0.3) is 0 Å². The summed E-state index contributed by atoms with van der Waals surface area (Å²) >= 11 is 6.55. The topological polar surface area (TPSA) is 17.1 Å². The number of Topliss-reactive ketones (excluding diaryl/α,β-unsaturated/α-hetero) is 1. The molecule has 1 fully saturated rings. The Hall–Kier alpha value is 0.110. The van der Waals surface area contributed by atoms with Crippen LogP contribution in [0.4, 0.5) is 0 Å². The standard InChI is InChI=1S/C8H12OS2/c1-8(2,3)7-5(9)4-6(10)11-7/h7H,4H2,1-3H3. The highest BCUT2D eigenvalue weighted by Crippen LogP contribution is 2.38. The van der Waals surface area contributed by atoms with Crippen molar-refractivity contribution >= 4 is 34.0 Å². The van der Waals surface area contributed by atoms with Gasteiger partial charge in [0.15, 0.2) is 5.78 Å². The lowest BCUT2D eigenvalue weighted by atomic mass is 9.89. The van der Waals surface area contributed by atoms with Crippen molar-refractivity contribution in [3.05, 3.63) is 0 Å². The van der Waals surface area contributed by atoms with Crippen LogP contribution < -0.4 is 0 Å². The van der Waals surface area contributed by atoms with Crippen LogP contribution >= 0.6 is 24.0 Å². The first-order chi connectivity index (χ1) is 4.91. The summed E-state index contributed by atoms with van der Waals surface area (Å²) in [6, 6.07) is 0. The molecular weight excluding hydrogens is 176 g/mol. The van der Waals surface area contributed by atoms with Crippen molar-refractivity contribution in [1.82, 2.24) is 0 Å². The Bertz CT molecular complexity index is 203. The molecule has 0 saturated carbocycles. The van der Waals surface area contributed by atoms with E-state index in [4.69, 9.17) is 12.2 Å². The van der Waals surface area contributed by atoms with Gasteiger partial charge in [-0.25, -0.2) is 0 Å². The molecule has 62 valence electrons. The quantitative estimate of drug-likeness (QED) is 0.543. The van der Waals surface area contributed by atoms with Crippen LogP contribution in [0.5, 0.6) is 0 Å². The van der Waals surface area contributed by atoms with Gasteiger partial charge in [0, 0.05) is 6.42 Å². The van der Waals surface area contributed by atoms with Gasteiger partial charge in [-0.3, -0.25) is 4.79 Å². The number of thiocarbonyl (C=S) groups is 1. The summed E-state index contributed by atoms with van der Waals surface area (Å²) in [6.07, 6.45) is 0.502. The molecule has 1 atom stereocenters. The fourth-order valence-corrected chi connectivity index (χ4v) is 2.62. The van der Waals surface area contributed by atoms with Crippen LogP contribution in [0, 0.1) is 5.41 Å². The Morgan fingerprint density at radius 3 is 2.27 bits per heavy atom. The number of carbonyl (C=O) groups excluding carboxylic acids is 1. The fourth-order valence-electron chi connectivity index (χ4n) is 1.13. The van der Waals surface area contributed by atoms with Gasteiger partial charge in [0.1, 0.15) is 0 Å². The fraction of sp³-hybridized carbons (Fsp3) is 0.750. The minimum Gasteiger partial charge on any atom is -0.298 e. The van der Waals surface area contributed by atoms with Crippen LogP contribution in [-0.4, -0.2) is 15.2 Å². The molecule has 1 heterocycles. The molecule has 0 N–H and O–H groups in total. The maximum absolute atomic E-state index is 11.3. The summed E-state index contributed by atoms with van der Waals surface area (Å²) in [7, 11) is 0. The van der Waals surface area contributed by atoms with Gasteiger partial charge in [0.05, 0.1) is 9.45 Å². The average molecular weight is 188 g/mol. The maximum Gasteiger partial charge on any atom is 0.152 e. The normalized spacial score (nSPS) is 26.3. The smallest absolute Gasteiger partial charge is 0.152 e. The second kappa shape index (κ2) is 2.87. The molecule has 1 rings (SSSR count). The molecule has 0 aliphatic carbocycles. The minimum absolute atomic E-state index is 0.0578. The minimum atomic E-state index is 0.0578. The van der Waals surface area contributed by atoms with E-state index in [-0.39, 0.29) is 10.7 Å². The van der Waals surface area contributed by atoms with Gasteiger partial charge in [-0.05, 0) is 5.41 Å². The molecule has 11 heavy (non-hydrogen) atoms. The molecule has 0 radical (unpaired) electrons. The lowest BCUT2D eigenvalue weighted by Crippen LogP contribution is -2.27. The Kier molecular flexibility index (Phi) is 2.40. The van der Waals surface area contributed by atoms with Crippen LogP contribution in [0.3, 0.4) is 0 Å². The van der Waals surface area contributed by atoms with Crippen molar-refractivity contribution < 1.29 is 4.79 Å². The van der Waals surface area contributed by atoms with E-state index in [1.54, 1.807) is 11.8 Å². The molecule has 0 spiro atoms. The van der Waals surface area contributed by atoms with E-state index < -0.39 is 0 Å².